The van der Waals surface area contributed by atoms with Crippen molar-refractivity contribution in [3.63, 3.8) is 0 Å². The Morgan fingerprint density at radius 1 is 1.11 bits per heavy atom. The van der Waals surface area contributed by atoms with E-state index in [1.54, 1.807) is 42.5 Å². The molecule has 7 heteroatoms. The molecule has 2 aromatic carbocycles. The van der Waals surface area contributed by atoms with E-state index in [1.165, 1.54) is 24.3 Å². The van der Waals surface area contributed by atoms with Crippen LogP contribution in [0.2, 0.25) is 0 Å². The van der Waals surface area contributed by atoms with Crippen LogP contribution in [0.15, 0.2) is 68.9 Å². The SMILES string of the molecule is COc1ccccc1N1C(=O)/C(=C/c2coc3ccccc3c2=O)SC1=S. The minimum absolute atomic E-state index is 0.195. The number of anilines is 1. The van der Waals surface area contributed by atoms with Crippen LogP contribution < -0.4 is 15.1 Å². The Bertz CT molecular complexity index is 1170. The van der Waals surface area contributed by atoms with Gasteiger partial charge in [0.2, 0.25) is 0 Å². The minimum atomic E-state index is -0.304. The summed E-state index contributed by atoms with van der Waals surface area (Å²) in [6.45, 7) is 0. The molecule has 134 valence electrons. The van der Waals surface area contributed by atoms with Gasteiger partial charge in [-0.3, -0.25) is 14.5 Å². The average molecular weight is 395 g/mol. The summed E-state index contributed by atoms with van der Waals surface area (Å²) in [6.07, 6.45) is 2.88. The first-order chi connectivity index (χ1) is 13.1. The van der Waals surface area contributed by atoms with Gasteiger partial charge in [0.25, 0.3) is 5.91 Å². The largest absolute Gasteiger partial charge is 0.495 e. The maximum atomic E-state index is 12.9. The highest BCUT2D eigenvalue weighted by atomic mass is 32.2. The summed E-state index contributed by atoms with van der Waals surface area (Å²) in [5.74, 6) is 0.238. The lowest BCUT2D eigenvalue weighted by atomic mass is 10.1. The third kappa shape index (κ3) is 3.05. The van der Waals surface area contributed by atoms with Crippen LogP contribution >= 0.6 is 24.0 Å². The molecule has 0 spiro atoms. The summed E-state index contributed by atoms with van der Waals surface area (Å²) in [7, 11) is 1.53. The van der Waals surface area contributed by atoms with Crippen molar-refractivity contribution in [1.29, 1.82) is 0 Å². The van der Waals surface area contributed by atoms with Gasteiger partial charge in [0.15, 0.2) is 9.75 Å². The Hall–Kier alpha value is -2.90. The van der Waals surface area contributed by atoms with Gasteiger partial charge in [-0.2, -0.15) is 0 Å². The van der Waals surface area contributed by atoms with E-state index in [9.17, 15) is 9.59 Å². The fraction of sp³-hybridized carbons (Fsp3) is 0.0500. The normalized spacial score (nSPS) is 15.7. The van der Waals surface area contributed by atoms with Crippen molar-refractivity contribution in [3.05, 3.63) is 75.5 Å². The Balaban J connectivity index is 1.76. The Morgan fingerprint density at radius 2 is 1.85 bits per heavy atom. The third-order valence-corrected chi connectivity index (χ3v) is 5.42. The number of amides is 1. The number of carbonyl (C=O) groups excluding carboxylic acids is 1. The van der Waals surface area contributed by atoms with Crippen molar-refractivity contribution in [2.24, 2.45) is 0 Å². The number of hydrogen-bond acceptors (Lipinski definition) is 6. The van der Waals surface area contributed by atoms with Crippen LogP contribution in [0.25, 0.3) is 17.0 Å². The summed E-state index contributed by atoms with van der Waals surface area (Å²) in [4.78, 5) is 27.4. The van der Waals surface area contributed by atoms with E-state index < -0.39 is 0 Å². The molecule has 5 nitrogen and oxygen atoms in total. The first-order valence-corrected chi connectivity index (χ1v) is 9.24. The number of fused-ring (bicyclic) bond motifs is 1. The maximum Gasteiger partial charge on any atom is 0.270 e. The molecule has 1 aliphatic heterocycles. The number of thioether (sulfide) groups is 1. The maximum absolute atomic E-state index is 12.9. The second-order valence-corrected chi connectivity index (χ2v) is 7.38. The molecular weight excluding hydrogens is 382 g/mol. The van der Waals surface area contributed by atoms with Crippen LogP contribution in [0, 0.1) is 0 Å². The summed E-state index contributed by atoms with van der Waals surface area (Å²) < 4.78 is 11.2. The lowest BCUT2D eigenvalue weighted by Gasteiger charge is -2.17. The molecule has 1 fully saturated rings. The van der Waals surface area contributed by atoms with Gasteiger partial charge >= 0.3 is 0 Å². The van der Waals surface area contributed by atoms with E-state index in [4.69, 9.17) is 21.4 Å². The van der Waals surface area contributed by atoms with Crippen LogP contribution in [-0.2, 0) is 4.79 Å². The highest BCUT2D eigenvalue weighted by Gasteiger charge is 2.35. The predicted molar refractivity (Wildman–Crippen MR) is 111 cm³/mol. The van der Waals surface area contributed by atoms with Crippen LogP contribution in [-0.4, -0.2) is 17.3 Å². The van der Waals surface area contributed by atoms with Crippen LogP contribution in [0.5, 0.6) is 5.75 Å². The number of nitrogens with zero attached hydrogens (tertiary/aromatic N) is 1. The Labute approximate surface area is 164 Å². The lowest BCUT2D eigenvalue weighted by Crippen LogP contribution is -2.27. The second-order valence-electron chi connectivity index (χ2n) is 5.71. The van der Waals surface area contributed by atoms with Crippen molar-refractivity contribution < 1.29 is 13.9 Å². The summed E-state index contributed by atoms with van der Waals surface area (Å²) in [6, 6.07) is 14.1. The molecular formula is C20H13NO4S2. The Kier molecular flexibility index (Phi) is 4.55. The first-order valence-electron chi connectivity index (χ1n) is 8.01. The van der Waals surface area contributed by atoms with Crippen LogP contribution in [0.3, 0.4) is 0 Å². The number of para-hydroxylation sites is 3. The van der Waals surface area contributed by atoms with E-state index in [-0.39, 0.29) is 11.3 Å². The molecule has 3 aromatic rings. The van der Waals surface area contributed by atoms with Gasteiger partial charge in [-0.05, 0) is 30.3 Å². The van der Waals surface area contributed by atoms with Gasteiger partial charge in [-0.25, -0.2) is 0 Å². The summed E-state index contributed by atoms with van der Waals surface area (Å²) in [5, 5.41) is 0.464. The zero-order valence-corrected chi connectivity index (χ0v) is 15.8. The van der Waals surface area contributed by atoms with E-state index in [0.717, 1.165) is 11.8 Å². The number of ether oxygens (including phenoxy) is 1. The van der Waals surface area contributed by atoms with Gasteiger partial charge < -0.3 is 9.15 Å². The number of thiocarbonyl (C=S) groups is 1. The lowest BCUT2D eigenvalue weighted by molar-refractivity contribution is -0.113. The van der Waals surface area contributed by atoms with Crippen molar-refractivity contribution in [2.75, 3.05) is 12.0 Å². The second kappa shape index (κ2) is 7.02. The van der Waals surface area contributed by atoms with Gasteiger partial charge in [0.05, 0.1) is 28.7 Å². The number of carbonyl (C=O) groups is 1. The van der Waals surface area contributed by atoms with Crippen molar-refractivity contribution in [1.82, 2.24) is 0 Å². The molecule has 1 aromatic heterocycles. The van der Waals surface area contributed by atoms with E-state index in [2.05, 4.69) is 0 Å². The molecule has 0 radical (unpaired) electrons. The number of hydrogen-bond donors (Lipinski definition) is 0. The fourth-order valence-corrected chi connectivity index (χ4v) is 4.10. The molecule has 1 aliphatic rings. The molecule has 0 N–H and O–H groups in total. The Morgan fingerprint density at radius 3 is 2.67 bits per heavy atom. The summed E-state index contributed by atoms with van der Waals surface area (Å²) >= 11 is 6.52. The van der Waals surface area contributed by atoms with Gasteiger partial charge in [0, 0.05) is 0 Å². The summed E-state index contributed by atoms with van der Waals surface area (Å²) in [5.41, 5.74) is 1.17. The minimum Gasteiger partial charge on any atom is -0.495 e. The molecule has 0 bridgehead atoms. The fourth-order valence-electron chi connectivity index (χ4n) is 2.82. The standard InChI is InChI=1S/C20H13NO4S2/c1-24-16-9-5-3-7-14(16)21-19(23)17(27-20(21)26)10-12-11-25-15-8-4-2-6-13(15)18(12)22/h2-11H,1H3/b17-10-. The number of rotatable bonds is 3. The van der Waals surface area contributed by atoms with Crippen molar-refractivity contribution in [2.45, 2.75) is 0 Å². The monoisotopic (exact) mass is 395 g/mol. The van der Waals surface area contributed by atoms with E-state index in [1.807, 2.05) is 6.07 Å². The molecule has 1 saturated heterocycles. The quantitative estimate of drug-likeness (QED) is 0.489. The molecule has 0 unspecified atom stereocenters. The zero-order valence-electron chi connectivity index (χ0n) is 14.2. The number of methoxy groups -OCH3 is 1. The molecule has 0 saturated carbocycles. The molecule has 4 rings (SSSR count). The molecule has 2 heterocycles. The first kappa shape index (κ1) is 17.5. The van der Waals surface area contributed by atoms with Gasteiger partial charge in [-0.1, -0.05) is 48.2 Å². The van der Waals surface area contributed by atoms with Crippen molar-refractivity contribution >= 4 is 56.9 Å². The number of benzene rings is 2. The third-order valence-electron chi connectivity index (χ3n) is 4.11. The molecule has 27 heavy (non-hydrogen) atoms. The smallest absolute Gasteiger partial charge is 0.270 e. The van der Waals surface area contributed by atoms with Crippen LogP contribution in [0.1, 0.15) is 5.56 Å². The highest BCUT2D eigenvalue weighted by molar-refractivity contribution is 8.27. The zero-order chi connectivity index (χ0) is 19.0. The molecule has 0 atom stereocenters. The molecule has 0 aliphatic carbocycles. The van der Waals surface area contributed by atoms with E-state index in [0.29, 0.717) is 37.2 Å². The average Bonchev–Trinajstić information content (AvgIpc) is 2.97. The molecule has 1 amide bonds. The van der Waals surface area contributed by atoms with Crippen LogP contribution in [0.4, 0.5) is 5.69 Å². The van der Waals surface area contributed by atoms with Gasteiger partial charge in [0.1, 0.15) is 17.6 Å². The van der Waals surface area contributed by atoms with Gasteiger partial charge in [-0.15, -0.1) is 0 Å². The van der Waals surface area contributed by atoms with Crippen molar-refractivity contribution in [3.8, 4) is 5.75 Å². The predicted octanol–water partition coefficient (Wildman–Crippen LogP) is 4.21. The highest BCUT2D eigenvalue weighted by Crippen LogP contribution is 2.39. The topological polar surface area (TPSA) is 59.8 Å². The van der Waals surface area contributed by atoms with E-state index >= 15 is 0 Å².